The molecule has 1 unspecified atom stereocenters. The average Bonchev–Trinajstić information content (AvgIpc) is 2.28. The lowest BCUT2D eigenvalue weighted by Crippen LogP contribution is -2.53. The molecule has 0 spiro atoms. The molecule has 2 N–H and O–H groups in total. The van der Waals surface area contributed by atoms with Gasteiger partial charge < -0.3 is 10.6 Å². The Bertz CT molecular complexity index is 401. The van der Waals surface area contributed by atoms with Gasteiger partial charge in [-0.2, -0.15) is 4.31 Å². The Morgan fingerprint density at radius 1 is 1.26 bits per heavy atom. The number of hydrogen-bond acceptors (Lipinski definition) is 4. The van der Waals surface area contributed by atoms with Gasteiger partial charge >= 0.3 is 0 Å². The number of rotatable bonds is 6. The van der Waals surface area contributed by atoms with Crippen LogP contribution in [0.4, 0.5) is 0 Å². The van der Waals surface area contributed by atoms with Gasteiger partial charge in [0, 0.05) is 32.7 Å². The van der Waals surface area contributed by atoms with Crippen molar-refractivity contribution in [2.45, 2.75) is 32.4 Å². The third-order valence-electron chi connectivity index (χ3n) is 3.36. The molecule has 1 atom stereocenters. The standard InChI is InChI=1S/C12H25N3O2S2/c1-4-11(12(13)18)19(16,17)15-7-5-14(6-8-15)9-10(2)3/h10-11H,4-9H2,1-3H3,(H2,13,18). The van der Waals surface area contributed by atoms with Gasteiger partial charge in [0.1, 0.15) is 5.25 Å². The van der Waals surface area contributed by atoms with E-state index < -0.39 is 15.3 Å². The van der Waals surface area contributed by atoms with Crippen LogP contribution in [0.25, 0.3) is 0 Å². The molecule has 1 aliphatic rings. The van der Waals surface area contributed by atoms with Crippen LogP contribution < -0.4 is 5.73 Å². The molecule has 0 saturated carbocycles. The van der Waals surface area contributed by atoms with Gasteiger partial charge in [-0.15, -0.1) is 0 Å². The summed E-state index contributed by atoms with van der Waals surface area (Å²) in [5, 5.41) is -0.723. The fourth-order valence-electron chi connectivity index (χ4n) is 2.42. The Kier molecular flexibility index (Phi) is 6.16. The lowest BCUT2D eigenvalue weighted by Gasteiger charge is -2.36. The topological polar surface area (TPSA) is 66.6 Å². The van der Waals surface area contributed by atoms with Crippen molar-refractivity contribution >= 4 is 27.2 Å². The van der Waals surface area contributed by atoms with E-state index in [4.69, 9.17) is 18.0 Å². The minimum absolute atomic E-state index is 0.0760. The second-order valence-corrected chi connectivity index (χ2v) is 8.02. The van der Waals surface area contributed by atoms with Gasteiger partial charge in [-0.05, 0) is 12.3 Å². The zero-order chi connectivity index (χ0) is 14.6. The van der Waals surface area contributed by atoms with E-state index >= 15 is 0 Å². The van der Waals surface area contributed by atoms with Gasteiger partial charge in [-0.3, -0.25) is 0 Å². The summed E-state index contributed by atoms with van der Waals surface area (Å²) < 4.78 is 26.4. The van der Waals surface area contributed by atoms with E-state index in [9.17, 15) is 8.42 Å². The second-order valence-electron chi connectivity index (χ2n) is 5.44. The molecule has 1 aliphatic heterocycles. The van der Waals surface area contributed by atoms with Crippen molar-refractivity contribution in [3.05, 3.63) is 0 Å². The van der Waals surface area contributed by atoms with E-state index in [0.29, 0.717) is 25.4 Å². The molecule has 0 aliphatic carbocycles. The lowest BCUT2D eigenvalue weighted by molar-refractivity contribution is 0.172. The molecule has 112 valence electrons. The number of piperazine rings is 1. The summed E-state index contributed by atoms with van der Waals surface area (Å²) in [5.74, 6) is 0.600. The molecule has 1 heterocycles. The van der Waals surface area contributed by atoms with Crippen LogP contribution in [-0.4, -0.2) is 60.6 Å². The van der Waals surface area contributed by atoms with Crippen LogP contribution in [0, 0.1) is 5.92 Å². The van der Waals surface area contributed by atoms with Crippen LogP contribution in [0.15, 0.2) is 0 Å². The molecule has 1 rings (SSSR count). The van der Waals surface area contributed by atoms with Gasteiger partial charge in [0.2, 0.25) is 10.0 Å². The predicted molar refractivity (Wildman–Crippen MR) is 82.6 cm³/mol. The number of nitrogens with two attached hydrogens (primary N) is 1. The maximum absolute atomic E-state index is 12.4. The fraction of sp³-hybridized carbons (Fsp3) is 0.917. The Morgan fingerprint density at radius 3 is 2.16 bits per heavy atom. The van der Waals surface area contributed by atoms with Crippen molar-refractivity contribution in [2.75, 3.05) is 32.7 Å². The summed E-state index contributed by atoms with van der Waals surface area (Å²) in [6.45, 7) is 9.79. The minimum Gasteiger partial charge on any atom is -0.392 e. The zero-order valence-electron chi connectivity index (χ0n) is 12.0. The van der Waals surface area contributed by atoms with Gasteiger partial charge in [0.05, 0.1) is 4.99 Å². The van der Waals surface area contributed by atoms with Crippen LogP contribution in [-0.2, 0) is 10.0 Å². The first kappa shape index (κ1) is 16.8. The molecule has 0 amide bonds. The Morgan fingerprint density at radius 2 is 1.79 bits per heavy atom. The van der Waals surface area contributed by atoms with Gasteiger partial charge in [-0.25, -0.2) is 8.42 Å². The molecule has 7 heteroatoms. The quantitative estimate of drug-likeness (QED) is 0.730. The van der Waals surface area contributed by atoms with Crippen LogP contribution in [0.3, 0.4) is 0 Å². The maximum Gasteiger partial charge on any atom is 0.223 e. The summed E-state index contributed by atoms with van der Waals surface area (Å²) >= 11 is 4.88. The molecule has 19 heavy (non-hydrogen) atoms. The van der Waals surface area contributed by atoms with E-state index in [1.165, 1.54) is 4.31 Å². The third kappa shape index (κ3) is 4.37. The molecule has 0 aromatic heterocycles. The zero-order valence-corrected chi connectivity index (χ0v) is 13.6. The first-order valence-electron chi connectivity index (χ1n) is 6.79. The lowest BCUT2D eigenvalue weighted by atomic mass is 10.2. The second kappa shape index (κ2) is 6.97. The van der Waals surface area contributed by atoms with Crippen molar-refractivity contribution in [2.24, 2.45) is 11.7 Å². The maximum atomic E-state index is 12.4. The third-order valence-corrected chi connectivity index (χ3v) is 6.19. The molecule has 0 aromatic rings. The molecular formula is C12H25N3O2S2. The monoisotopic (exact) mass is 307 g/mol. The smallest absolute Gasteiger partial charge is 0.223 e. The molecule has 0 aromatic carbocycles. The Hall–Kier alpha value is -0.240. The summed E-state index contributed by atoms with van der Waals surface area (Å²) in [4.78, 5) is 2.38. The summed E-state index contributed by atoms with van der Waals surface area (Å²) in [5.41, 5.74) is 5.55. The highest BCUT2D eigenvalue weighted by atomic mass is 32.2. The van der Waals surface area contributed by atoms with E-state index in [-0.39, 0.29) is 4.99 Å². The molecule has 0 bridgehead atoms. The van der Waals surface area contributed by atoms with E-state index in [1.54, 1.807) is 6.92 Å². The Labute approximate surface area is 122 Å². The highest BCUT2D eigenvalue weighted by Gasteiger charge is 2.34. The van der Waals surface area contributed by atoms with Crippen LogP contribution in [0.1, 0.15) is 27.2 Å². The highest BCUT2D eigenvalue weighted by Crippen LogP contribution is 2.16. The van der Waals surface area contributed by atoms with Gasteiger partial charge in [0.15, 0.2) is 0 Å². The minimum atomic E-state index is -3.38. The van der Waals surface area contributed by atoms with Crippen LogP contribution in [0.2, 0.25) is 0 Å². The number of nitrogens with zero attached hydrogens (tertiary/aromatic N) is 2. The van der Waals surface area contributed by atoms with Gasteiger partial charge in [0.25, 0.3) is 0 Å². The van der Waals surface area contributed by atoms with E-state index in [2.05, 4.69) is 18.7 Å². The molecule has 5 nitrogen and oxygen atoms in total. The van der Waals surface area contributed by atoms with Crippen LogP contribution in [0.5, 0.6) is 0 Å². The molecule has 0 radical (unpaired) electrons. The fourth-order valence-corrected chi connectivity index (χ4v) is 4.70. The predicted octanol–water partition coefficient (Wildman–Crippen LogP) is 0.655. The van der Waals surface area contributed by atoms with E-state index in [1.807, 2.05) is 0 Å². The molecule has 1 fully saturated rings. The van der Waals surface area contributed by atoms with Crippen molar-refractivity contribution in [3.8, 4) is 0 Å². The largest absolute Gasteiger partial charge is 0.392 e. The van der Waals surface area contributed by atoms with Crippen LogP contribution >= 0.6 is 12.2 Å². The summed E-state index contributed by atoms with van der Waals surface area (Å²) in [6, 6.07) is 0. The number of sulfonamides is 1. The normalized spacial score (nSPS) is 20.6. The van der Waals surface area contributed by atoms with Crippen molar-refractivity contribution in [1.82, 2.24) is 9.21 Å². The van der Waals surface area contributed by atoms with E-state index in [0.717, 1.165) is 19.6 Å². The molecular weight excluding hydrogens is 282 g/mol. The van der Waals surface area contributed by atoms with Crippen molar-refractivity contribution in [3.63, 3.8) is 0 Å². The molecule has 1 saturated heterocycles. The first-order chi connectivity index (χ1) is 8.78. The number of thiocarbonyl (C=S) groups is 1. The Balaban J connectivity index is 2.66. The average molecular weight is 307 g/mol. The summed E-state index contributed by atoms with van der Waals surface area (Å²) in [7, 11) is -3.38. The highest BCUT2D eigenvalue weighted by molar-refractivity contribution is 7.92. The SMILES string of the molecule is CCC(C(N)=S)S(=O)(=O)N1CCN(CC(C)C)CC1. The summed E-state index contributed by atoms with van der Waals surface area (Å²) in [6.07, 6.45) is 0.434. The van der Waals surface area contributed by atoms with Gasteiger partial charge in [-0.1, -0.05) is 33.0 Å². The van der Waals surface area contributed by atoms with Crippen molar-refractivity contribution in [1.29, 1.82) is 0 Å². The van der Waals surface area contributed by atoms with Crippen molar-refractivity contribution < 1.29 is 8.42 Å². The number of hydrogen-bond donors (Lipinski definition) is 1. The first-order valence-corrected chi connectivity index (χ1v) is 8.70.